The van der Waals surface area contributed by atoms with Gasteiger partial charge in [-0.15, -0.1) is 0 Å². The molecule has 9 heteroatoms. The van der Waals surface area contributed by atoms with Crippen LogP contribution in [0, 0.1) is 13.8 Å². The van der Waals surface area contributed by atoms with E-state index in [-0.39, 0.29) is 10.9 Å². The predicted octanol–water partition coefficient (Wildman–Crippen LogP) is 2.80. The predicted molar refractivity (Wildman–Crippen MR) is 95.7 cm³/mol. The number of halogens is 1. The summed E-state index contributed by atoms with van der Waals surface area (Å²) in [4.78, 5) is 36.3. The minimum Gasteiger partial charge on any atom is -0.452 e. The first kappa shape index (κ1) is 19.1. The number of ether oxygens (including phenoxy) is 1. The summed E-state index contributed by atoms with van der Waals surface area (Å²) in [7, 11) is 0. The second kappa shape index (κ2) is 8.77. The Morgan fingerprint density at radius 1 is 1.32 bits per heavy atom. The van der Waals surface area contributed by atoms with Crippen molar-refractivity contribution in [3.8, 4) is 0 Å². The number of anilines is 1. The highest BCUT2D eigenvalue weighted by Crippen LogP contribution is 2.18. The van der Waals surface area contributed by atoms with E-state index in [1.165, 1.54) is 13.1 Å². The lowest BCUT2D eigenvalue weighted by molar-refractivity contribution is -0.150. The molecule has 0 aliphatic carbocycles. The van der Waals surface area contributed by atoms with Crippen LogP contribution in [0.25, 0.3) is 0 Å². The number of rotatable bonds is 6. The second-order valence-electron chi connectivity index (χ2n) is 5.19. The van der Waals surface area contributed by atoms with Crippen LogP contribution in [0.1, 0.15) is 18.3 Å². The van der Waals surface area contributed by atoms with Crippen molar-refractivity contribution in [3.05, 3.63) is 40.9 Å². The number of carbonyl (C=O) groups is 2. The van der Waals surface area contributed by atoms with Crippen molar-refractivity contribution < 1.29 is 14.3 Å². The number of pyridine rings is 1. The minimum absolute atomic E-state index is 0.00810. The van der Waals surface area contributed by atoms with Crippen LogP contribution in [0.4, 0.5) is 5.69 Å². The molecule has 1 amide bonds. The third-order valence-corrected chi connectivity index (χ3v) is 4.10. The zero-order valence-electron chi connectivity index (χ0n) is 13.9. The number of aryl methyl sites for hydroxylation is 2. The van der Waals surface area contributed by atoms with Crippen LogP contribution in [0.3, 0.4) is 0 Å². The molecule has 1 atom stereocenters. The lowest BCUT2D eigenvalue weighted by atomic mass is 10.3. The fourth-order valence-corrected chi connectivity index (χ4v) is 2.78. The smallest absolute Gasteiger partial charge is 0.317 e. The van der Waals surface area contributed by atoms with Crippen molar-refractivity contribution >= 4 is 40.9 Å². The molecule has 2 rings (SSSR count). The number of amides is 1. The van der Waals surface area contributed by atoms with Gasteiger partial charge in [0.2, 0.25) is 0 Å². The Balaban J connectivity index is 1.85. The van der Waals surface area contributed by atoms with Gasteiger partial charge in [0.05, 0.1) is 11.4 Å². The molecule has 2 aromatic heterocycles. The highest BCUT2D eigenvalue weighted by molar-refractivity contribution is 7.99. The molecule has 0 unspecified atom stereocenters. The van der Waals surface area contributed by atoms with Crippen LogP contribution in [0.5, 0.6) is 0 Å². The molecule has 2 aromatic rings. The van der Waals surface area contributed by atoms with Crippen LogP contribution < -0.4 is 5.32 Å². The quantitative estimate of drug-likeness (QED) is 0.356. The number of esters is 1. The zero-order chi connectivity index (χ0) is 18.4. The lowest BCUT2D eigenvalue weighted by Crippen LogP contribution is -2.30. The van der Waals surface area contributed by atoms with Gasteiger partial charge in [-0.1, -0.05) is 23.4 Å². The van der Waals surface area contributed by atoms with Crippen LogP contribution in [-0.2, 0) is 14.3 Å². The second-order valence-corrected chi connectivity index (χ2v) is 6.49. The summed E-state index contributed by atoms with van der Waals surface area (Å²) >= 11 is 7.03. The number of nitrogens with zero attached hydrogens (tertiary/aromatic N) is 3. The minimum atomic E-state index is -0.968. The summed E-state index contributed by atoms with van der Waals surface area (Å²) < 4.78 is 5.12. The fourth-order valence-electron chi connectivity index (χ4n) is 1.88. The van der Waals surface area contributed by atoms with Gasteiger partial charge in [0.25, 0.3) is 5.91 Å². The average Bonchev–Trinajstić information content (AvgIpc) is 2.54. The number of aromatic nitrogens is 3. The Morgan fingerprint density at radius 3 is 2.64 bits per heavy atom. The third-order valence-electron chi connectivity index (χ3n) is 2.98. The first-order chi connectivity index (χ1) is 11.8. The summed E-state index contributed by atoms with van der Waals surface area (Å²) in [5.74, 6) is -1.02. The van der Waals surface area contributed by atoms with E-state index in [9.17, 15) is 9.59 Å². The van der Waals surface area contributed by atoms with Crippen molar-refractivity contribution in [2.75, 3.05) is 11.1 Å². The molecule has 0 radical (unpaired) electrons. The van der Waals surface area contributed by atoms with E-state index in [4.69, 9.17) is 16.3 Å². The maximum Gasteiger partial charge on any atom is 0.317 e. The molecule has 0 bridgehead atoms. The highest BCUT2D eigenvalue weighted by atomic mass is 35.5. The summed E-state index contributed by atoms with van der Waals surface area (Å²) in [6.07, 6.45) is 0.540. The van der Waals surface area contributed by atoms with Crippen molar-refractivity contribution in [1.82, 2.24) is 15.0 Å². The van der Waals surface area contributed by atoms with Gasteiger partial charge in [-0.05, 0) is 39.0 Å². The standard InChI is InChI=1S/C16H17ClN4O3S/c1-9-7-10(2)20-16(19-9)25-8-13(22)24-11(3)15(23)21-12-5-4-6-18-14(12)17/h4-7,11H,8H2,1-3H3,(H,21,23)/t11-/m1/s1. The topological polar surface area (TPSA) is 94.1 Å². The van der Waals surface area contributed by atoms with Crippen LogP contribution in [0.15, 0.2) is 29.6 Å². The Bertz CT molecular complexity index is 767. The highest BCUT2D eigenvalue weighted by Gasteiger charge is 2.19. The maximum absolute atomic E-state index is 12.1. The molecule has 25 heavy (non-hydrogen) atoms. The van der Waals surface area contributed by atoms with Gasteiger partial charge in [-0.25, -0.2) is 15.0 Å². The molecular formula is C16H17ClN4O3S. The molecule has 0 aliphatic heterocycles. The zero-order valence-corrected chi connectivity index (χ0v) is 15.5. The summed E-state index contributed by atoms with van der Waals surface area (Å²) in [6.45, 7) is 5.19. The molecule has 1 N–H and O–H groups in total. The van der Waals surface area contributed by atoms with E-state index < -0.39 is 18.0 Å². The van der Waals surface area contributed by atoms with Crippen molar-refractivity contribution in [1.29, 1.82) is 0 Å². The Morgan fingerprint density at radius 2 is 2.00 bits per heavy atom. The van der Waals surface area contributed by atoms with Gasteiger partial charge >= 0.3 is 5.97 Å². The van der Waals surface area contributed by atoms with Crippen molar-refractivity contribution in [3.63, 3.8) is 0 Å². The lowest BCUT2D eigenvalue weighted by Gasteiger charge is -2.13. The first-order valence-electron chi connectivity index (χ1n) is 7.41. The Kier molecular flexibility index (Phi) is 6.72. The fraction of sp³-hybridized carbons (Fsp3) is 0.312. The number of carbonyl (C=O) groups excluding carboxylic acids is 2. The number of thioether (sulfide) groups is 1. The molecule has 132 valence electrons. The summed E-state index contributed by atoms with van der Waals surface area (Å²) in [6, 6.07) is 5.09. The van der Waals surface area contributed by atoms with Gasteiger partial charge < -0.3 is 10.1 Å². The normalized spacial score (nSPS) is 11.7. The van der Waals surface area contributed by atoms with Gasteiger partial charge in [-0.2, -0.15) is 0 Å². The number of nitrogens with one attached hydrogen (secondary N) is 1. The van der Waals surface area contributed by atoms with E-state index in [2.05, 4.69) is 20.3 Å². The molecule has 0 saturated carbocycles. The van der Waals surface area contributed by atoms with Crippen LogP contribution in [0.2, 0.25) is 5.15 Å². The molecule has 0 fully saturated rings. The van der Waals surface area contributed by atoms with E-state index in [0.29, 0.717) is 10.8 Å². The van der Waals surface area contributed by atoms with Gasteiger partial charge in [0.1, 0.15) is 0 Å². The summed E-state index contributed by atoms with van der Waals surface area (Å²) in [5.41, 5.74) is 2.00. The molecular weight excluding hydrogens is 364 g/mol. The maximum atomic E-state index is 12.1. The third kappa shape index (κ3) is 5.99. The SMILES string of the molecule is Cc1cc(C)nc(SCC(=O)O[C@H](C)C(=O)Nc2cccnc2Cl)n1. The molecule has 0 spiro atoms. The van der Waals surface area contributed by atoms with Crippen LogP contribution in [-0.4, -0.2) is 38.7 Å². The van der Waals surface area contributed by atoms with E-state index in [1.54, 1.807) is 12.1 Å². The van der Waals surface area contributed by atoms with Gasteiger partial charge in [0, 0.05) is 17.6 Å². The molecule has 0 saturated heterocycles. The van der Waals surface area contributed by atoms with E-state index in [1.807, 2.05) is 19.9 Å². The average molecular weight is 381 g/mol. The molecule has 2 heterocycles. The monoisotopic (exact) mass is 380 g/mol. The van der Waals surface area contributed by atoms with E-state index >= 15 is 0 Å². The number of hydrogen-bond acceptors (Lipinski definition) is 7. The van der Waals surface area contributed by atoms with Crippen molar-refractivity contribution in [2.45, 2.75) is 32.0 Å². The Labute approximate surface area is 154 Å². The van der Waals surface area contributed by atoms with Crippen LogP contribution >= 0.6 is 23.4 Å². The molecule has 7 nitrogen and oxygen atoms in total. The largest absolute Gasteiger partial charge is 0.452 e. The van der Waals surface area contributed by atoms with Gasteiger partial charge in [0.15, 0.2) is 16.4 Å². The Hall–Kier alpha value is -2.19. The molecule has 0 aromatic carbocycles. The number of hydrogen-bond donors (Lipinski definition) is 1. The summed E-state index contributed by atoms with van der Waals surface area (Å²) in [5, 5.41) is 3.22. The molecule has 0 aliphatic rings. The van der Waals surface area contributed by atoms with E-state index in [0.717, 1.165) is 23.1 Å². The van der Waals surface area contributed by atoms with Gasteiger partial charge in [-0.3, -0.25) is 9.59 Å². The first-order valence-corrected chi connectivity index (χ1v) is 8.77. The van der Waals surface area contributed by atoms with Crippen molar-refractivity contribution in [2.24, 2.45) is 0 Å².